The molecular formula is C12H14N4O2S. The van der Waals surface area contributed by atoms with Crippen molar-refractivity contribution < 1.29 is 9.90 Å². The van der Waals surface area contributed by atoms with Crippen molar-refractivity contribution in [2.75, 3.05) is 6.54 Å². The Labute approximate surface area is 114 Å². The first kappa shape index (κ1) is 12.5. The van der Waals surface area contributed by atoms with E-state index in [-0.39, 0.29) is 11.9 Å². The Morgan fingerprint density at radius 2 is 2.32 bits per heavy atom. The molecule has 2 atom stereocenters. The van der Waals surface area contributed by atoms with Crippen molar-refractivity contribution in [3.05, 3.63) is 23.8 Å². The van der Waals surface area contributed by atoms with Crippen LogP contribution in [0.15, 0.2) is 18.2 Å². The fraction of sp³-hybridized carbons (Fsp3) is 0.417. The summed E-state index contributed by atoms with van der Waals surface area (Å²) in [5.41, 5.74) is 2.72. The molecule has 19 heavy (non-hydrogen) atoms. The molecule has 1 aromatic carbocycles. The lowest BCUT2D eigenvalue weighted by Crippen LogP contribution is -2.39. The van der Waals surface area contributed by atoms with Gasteiger partial charge in [-0.2, -0.15) is 8.75 Å². The minimum Gasteiger partial charge on any atom is -0.392 e. The molecule has 1 aliphatic heterocycles. The van der Waals surface area contributed by atoms with E-state index in [1.807, 2.05) is 18.2 Å². The molecular weight excluding hydrogens is 264 g/mol. The number of carbonyl (C=O) groups is 1. The molecule has 100 valence electrons. The van der Waals surface area contributed by atoms with Gasteiger partial charge in [0.2, 0.25) is 5.91 Å². The summed E-state index contributed by atoms with van der Waals surface area (Å²) in [5.74, 6) is -0.0759. The summed E-state index contributed by atoms with van der Waals surface area (Å²) in [6.07, 6.45) is 0.0501. The van der Waals surface area contributed by atoms with Crippen molar-refractivity contribution >= 4 is 28.7 Å². The molecule has 0 radical (unpaired) electrons. The average molecular weight is 278 g/mol. The Morgan fingerprint density at radius 1 is 1.47 bits per heavy atom. The Balaban J connectivity index is 1.60. The van der Waals surface area contributed by atoms with Gasteiger partial charge in [-0.05, 0) is 24.1 Å². The fourth-order valence-electron chi connectivity index (χ4n) is 2.17. The predicted molar refractivity (Wildman–Crippen MR) is 71.7 cm³/mol. The van der Waals surface area contributed by atoms with Crippen LogP contribution in [0.4, 0.5) is 0 Å². The molecule has 1 aliphatic rings. The van der Waals surface area contributed by atoms with Crippen molar-refractivity contribution in [2.45, 2.75) is 25.1 Å². The highest BCUT2D eigenvalue weighted by Crippen LogP contribution is 2.13. The maximum absolute atomic E-state index is 11.9. The number of benzene rings is 1. The molecule has 7 heteroatoms. The van der Waals surface area contributed by atoms with Crippen LogP contribution >= 0.6 is 11.7 Å². The number of β-amino-alcohol motifs (C(OH)–C–C–N with tert-alkyl or cyclic N) is 1. The van der Waals surface area contributed by atoms with Gasteiger partial charge in [0.05, 0.1) is 23.9 Å². The van der Waals surface area contributed by atoms with E-state index in [0.29, 0.717) is 19.5 Å². The van der Waals surface area contributed by atoms with Gasteiger partial charge in [-0.15, -0.1) is 0 Å². The van der Waals surface area contributed by atoms with Gasteiger partial charge in [0.15, 0.2) is 0 Å². The van der Waals surface area contributed by atoms with E-state index in [1.54, 1.807) is 0 Å². The molecule has 6 nitrogen and oxygen atoms in total. The minimum atomic E-state index is -0.423. The maximum atomic E-state index is 11.9. The zero-order valence-corrected chi connectivity index (χ0v) is 11.0. The van der Waals surface area contributed by atoms with Crippen LogP contribution in [0, 0.1) is 0 Å². The molecule has 2 aromatic rings. The van der Waals surface area contributed by atoms with E-state index in [4.69, 9.17) is 0 Å². The Morgan fingerprint density at radius 3 is 3.11 bits per heavy atom. The highest BCUT2D eigenvalue weighted by Gasteiger charge is 2.27. The van der Waals surface area contributed by atoms with E-state index < -0.39 is 6.10 Å². The van der Waals surface area contributed by atoms with E-state index in [0.717, 1.165) is 16.6 Å². The summed E-state index contributed by atoms with van der Waals surface area (Å²) in [4.78, 5) is 11.9. The van der Waals surface area contributed by atoms with Gasteiger partial charge in [-0.3, -0.25) is 4.79 Å². The number of amides is 1. The summed E-state index contributed by atoms with van der Waals surface area (Å²) >= 11 is 1.18. The number of aromatic nitrogens is 2. The fourth-order valence-corrected chi connectivity index (χ4v) is 2.68. The van der Waals surface area contributed by atoms with Gasteiger partial charge >= 0.3 is 0 Å². The summed E-state index contributed by atoms with van der Waals surface area (Å²) in [6.45, 7) is 0.940. The van der Waals surface area contributed by atoms with Crippen LogP contribution in [-0.2, 0) is 11.3 Å². The number of carbonyl (C=O) groups excluding carboxylic acids is 1. The van der Waals surface area contributed by atoms with E-state index >= 15 is 0 Å². The van der Waals surface area contributed by atoms with Crippen LogP contribution < -0.4 is 10.6 Å². The summed E-state index contributed by atoms with van der Waals surface area (Å²) in [7, 11) is 0. The van der Waals surface area contributed by atoms with Crippen LogP contribution in [0.1, 0.15) is 12.0 Å². The van der Waals surface area contributed by atoms with Crippen LogP contribution in [0.2, 0.25) is 0 Å². The number of nitrogens with zero attached hydrogens (tertiary/aromatic N) is 2. The lowest BCUT2D eigenvalue weighted by Gasteiger charge is -2.10. The zero-order valence-electron chi connectivity index (χ0n) is 10.2. The van der Waals surface area contributed by atoms with E-state index in [2.05, 4.69) is 19.4 Å². The largest absolute Gasteiger partial charge is 0.392 e. The number of aliphatic hydroxyl groups is 1. The van der Waals surface area contributed by atoms with Gasteiger partial charge in [0.25, 0.3) is 0 Å². The molecule has 0 bridgehead atoms. The molecule has 1 fully saturated rings. The normalized spacial score (nSPS) is 22.8. The molecule has 0 saturated carbocycles. The van der Waals surface area contributed by atoms with Crippen molar-refractivity contribution in [3.63, 3.8) is 0 Å². The van der Waals surface area contributed by atoms with Crippen LogP contribution in [-0.4, -0.2) is 38.5 Å². The van der Waals surface area contributed by atoms with Gasteiger partial charge in [0.1, 0.15) is 11.0 Å². The predicted octanol–water partition coefficient (Wildman–Crippen LogP) is 0.0303. The second-order valence-electron chi connectivity index (χ2n) is 4.66. The van der Waals surface area contributed by atoms with E-state index in [1.165, 1.54) is 11.7 Å². The highest BCUT2D eigenvalue weighted by atomic mass is 32.1. The minimum absolute atomic E-state index is 0.0759. The third-order valence-corrected chi connectivity index (χ3v) is 3.77. The van der Waals surface area contributed by atoms with Crippen LogP contribution in [0.25, 0.3) is 11.0 Å². The first-order valence-corrected chi connectivity index (χ1v) is 6.86. The molecule has 2 heterocycles. The maximum Gasteiger partial charge on any atom is 0.237 e. The quantitative estimate of drug-likeness (QED) is 0.737. The van der Waals surface area contributed by atoms with Gasteiger partial charge < -0.3 is 15.7 Å². The van der Waals surface area contributed by atoms with Gasteiger partial charge in [-0.25, -0.2) is 0 Å². The molecule has 0 spiro atoms. The molecule has 3 rings (SSSR count). The third-order valence-electron chi connectivity index (χ3n) is 3.21. The van der Waals surface area contributed by atoms with Crippen LogP contribution in [0.3, 0.4) is 0 Å². The number of hydrogen-bond donors (Lipinski definition) is 3. The second kappa shape index (κ2) is 5.20. The number of aliphatic hydroxyl groups excluding tert-OH is 1. The van der Waals surface area contributed by atoms with Crippen molar-refractivity contribution in [3.8, 4) is 0 Å². The topological polar surface area (TPSA) is 87.1 Å². The smallest absolute Gasteiger partial charge is 0.237 e. The lowest BCUT2D eigenvalue weighted by molar-refractivity contribution is -0.123. The van der Waals surface area contributed by atoms with Crippen molar-refractivity contribution in [2.24, 2.45) is 0 Å². The summed E-state index contributed by atoms with van der Waals surface area (Å²) in [6, 6.07) is 5.47. The highest BCUT2D eigenvalue weighted by molar-refractivity contribution is 7.00. The molecule has 1 aromatic heterocycles. The number of nitrogens with one attached hydrogen (secondary N) is 2. The Bertz CT molecular complexity index is 600. The molecule has 1 amide bonds. The first-order valence-electron chi connectivity index (χ1n) is 6.13. The molecule has 3 N–H and O–H groups in total. The zero-order chi connectivity index (χ0) is 13.2. The Hall–Kier alpha value is -1.57. The number of hydrogen-bond acceptors (Lipinski definition) is 6. The van der Waals surface area contributed by atoms with Gasteiger partial charge in [0, 0.05) is 13.1 Å². The molecule has 1 saturated heterocycles. The standard InChI is InChI=1S/C12H14N4O2S/c17-8-4-11(13-6-8)12(18)14-5-7-1-2-9-10(3-7)16-19-15-9/h1-3,8,11,13,17H,4-6H2,(H,14,18)/t8-,11+/m1/s1. The van der Waals surface area contributed by atoms with Crippen molar-refractivity contribution in [1.82, 2.24) is 19.4 Å². The summed E-state index contributed by atoms with van der Waals surface area (Å²) in [5, 5.41) is 15.2. The monoisotopic (exact) mass is 278 g/mol. The summed E-state index contributed by atoms with van der Waals surface area (Å²) < 4.78 is 8.30. The van der Waals surface area contributed by atoms with Crippen LogP contribution in [0.5, 0.6) is 0 Å². The number of fused-ring (bicyclic) bond motifs is 1. The Kier molecular flexibility index (Phi) is 3.41. The second-order valence-corrected chi connectivity index (χ2v) is 5.18. The third kappa shape index (κ3) is 2.73. The molecule has 0 aliphatic carbocycles. The van der Waals surface area contributed by atoms with E-state index in [9.17, 15) is 9.90 Å². The molecule has 0 unspecified atom stereocenters. The number of rotatable bonds is 3. The average Bonchev–Trinajstić information content (AvgIpc) is 3.03. The van der Waals surface area contributed by atoms with Gasteiger partial charge in [-0.1, -0.05) is 6.07 Å². The lowest BCUT2D eigenvalue weighted by atomic mass is 10.1. The SMILES string of the molecule is O=C(NCc1ccc2nsnc2c1)[C@@H]1C[C@@H](O)CN1. The van der Waals surface area contributed by atoms with Crippen molar-refractivity contribution in [1.29, 1.82) is 0 Å². The first-order chi connectivity index (χ1) is 9.22.